The summed E-state index contributed by atoms with van der Waals surface area (Å²) in [4.78, 5) is 26.5. The van der Waals surface area contributed by atoms with Crippen LogP contribution < -0.4 is 5.32 Å². The van der Waals surface area contributed by atoms with Crippen molar-refractivity contribution in [3.05, 3.63) is 88.3 Å². The predicted molar refractivity (Wildman–Crippen MR) is 121 cm³/mol. The molecule has 0 aliphatic heterocycles. The van der Waals surface area contributed by atoms with Crippen molar-refractivity contribution in [2.75, 3.05) is 0 Å². The second-order valence-corrected chi connectivity index (χ2v) is 8.14. The molecule has 0 saturated carbocycles. The fourth-order valence-electron chi connectivity index (χ4n) is 3.94. The fraction of sp³-hybridized carbons (Fsp3) is 0.292. The van der Waals surface area contributed by atoms with E-state index in [2.05, 4.69) is 25.4 Å². The molecule has 0 spiro atoms. The van der Waals surface area contributed by atoms with Crippen LogP contribution in [-0.2, 0) is 18.3 Å². The van der Waals surface area contributed by atoms with E-state index in [9.17, 15) is 9.18 Å². The van der Waals surface area contributed by atoms with Gasteiger partial charge in [0.15, 0.2) is 0 Å². The Morgan fingerprint density at radius 2 is 1.85 bits per heavy atom. The third kappa shape index (κ3) is 4.67. The first-order chi connectivity index (χ1) is 15.7. The molecule has 1 atom stereocenters. The Morgan fingerprint density at radius 1 is 1.12 bits per heavy atom. The summed E-state index contributed by atoms with van der Waals surface area (Å²) in [5.41, 5.74) is 4.63. The lowest BCUT2D eigenvalue weighted by atomic mass is 10.0. The summed E-state index contributed by atoms with van der Waals surface area (Å²) in [5.74, 6) is 0.494. The van der Waals surface area contributed by atoms with Gasteiger partial charge in [-0.2, -0.15) is 5.10 Å². The van der Waals surface area contributed by atoms with Gasteiger partial charge in [0.2, 0.25) is 5.91 Å². The van der Waals surface area contributed by atoms with Gasteiger partial charge in [0.05, 0.1) is 12.1 Å². The summed E-state index contributed by atoms with van der Waals surface area (Å²) in [6.07, 6.45) is 3.55. The number of hydrogen-bond acceptors (Lipinski definition) is 5. The van der Waals surface area contributed by atoms with Crippen LogP contribution in [0.3, 0.4) is 0 Å². The Bertz CT molecular complexity index is 1300. The first kappa shape index (κ1) is 22.3. The highest BCUT2D eigenvalue weighted by atomic mass is 19.1. The predicted octanol–water partition coefficient (Wildman–Crippen LogP) is 3.22. The van der Waals surface area contributed by atoms with Crippen LogP contribution in [0.15, 0.2) is 42.7 Å². The van der Waals surface area contributed by atoms with Crippen molar-refractivity contribution in [3.8, 4) is 5.95 Å². The number of aromatic nitrogens is 6. The number of benzene rings is 1. The monoisotopic (exact) mass is 447 g/mol. The average molecular weight is 448 g/mol. The molecule has 1 aromatic carbocycles. The van der Waals surface area contributed by atoms with Gasteiger partial charge in [-0.3, -0.25) is 4.79 Å². The highest BCUT2D eigenvalue weighted by Crippen LogP contribution is 2.23. The minimum Gasteiger partial charge on any atom is -0.342 e. The summed E-state index contributed by atoms with van der Waals surface area (Å²) in [6.45, 7) is 7.56. The van der Waals surface area contributed by atoms with Crippen LogP contribution in [0.1, 0.15) is 45.8 Å². The Hall–Kier alpha value is -3.88. The molecule has 3 aromatic heterocycles. The average Bonchev–Trinajstić information content (AvgIpc) is 3.29. The minimum absolute atomic E-state index is 0.110. The maximum Gasteiger partial charge on any atom is 0.251 e. The summed E-state index contributed by atoms with van der Waals surface area (Å²) >= 11 is 0. The van der Waals surface area contributed by atoms with Crippen molar-refractivity contribution in [1.82, 2.24) is 34.6 Å². The largest absolute Gasteiger partial charge is 0.342 e. The van der Waals surface area contributed by atoms with E-state index in [0.29, 0.717) is 17.3 Å². The molecule has 9 heteroatoms. The number of carbonyl (C=O) groups is 1. The minimum atomic E-state index is -0.591. The van der Waals surface area contributed by atoms with E-state index in [0.717, 1.165) is 28.3 Å². The van der Waals surface area contributed by atoms with Gasteiger partial charge in [0.1, 0.15) is 17.7 Å². The zero-order valence-corrected chi connectivity index (χ0v) is 19.3. The molecular weight excluding hydrogens is 421 g/mol. The van der Waals surface area contributed by atoms with Crippen LogP contribution in [0.5, 0.6) is 0 Å². The number of amides is 1. The zero-order chi connectivity index (χ0) is 23.7. The van der Waals surface area contributed by atoms with Crippen LogP contribution in [-0.4, -0.2) is 35.2 Å². The van der Waals surface area contributed by atoms with E-state index >= 15 is 0 Å². The van der Waals surface area contributed by atoms with Crippen LogP contribution in [0.25, 0.3) is 5.95 Å². The van der Waals surface area contributed by atoms with Gasteiger partial charge < -0.3 is 9.88 Å². The first-order valence-electron chi connectivity index (χ1n) is 10.6. The quantitative estimate of drug-likeness (QED) is 0.490. The van der Waals surface area contributed by atoms with Gasteiger partial charge in [-0.1, -0.05) is 12.1 Å². The molecule has 0 aliphatic rings. The number of nitrogens with zero attached hydrogens (tertiary/aromatic N) is 6. The summed E-state index contributed by atoms with van der Waals surface area (Å²) < 4.78 is 17.4. The Morgan fingerprint density at radius 3 is 2.48 bits per heavy atom. The zero-order valence-electron chi connectivity index (χ0n) is 19.3. The third-order valence-electron chi connectivity index (χ3n) is 5.54. The second kappa shape index (κ2) is 8.93. The van der Waals surface area contributed by atoms with Crippen molar-refractivity contribution in [2.24, 2.45) is 7.05 Å². The summed E-state index contributed by atoms with van der Waals surface area (Å²) in [6, 6.07) is 7.48. The third-order valence-corrected chi connectivity index (χ3v) is 5.54. The lowest BCUT2D eigenvalue weighted by Gasteiger charge is -2.19. The highest BCUT2D eigenvalue weighted by Gasteiger charge is 2.23. The van der Waals surface area contributed by atoms with Crippen LogP contribution in [0.4, 0.5) is 4.39 Å². The lowest BCUT2D eigenvalue weighted by Crippen LogP contribution is -2.32. The molecule has 1 unspecified atom stereocenters. The summed E-state index contributed by atoms with van der Waals surface area (Å²) in [7, 11) is 1.84. The number of carbonyl (C=O) groups excluding carboxylic acids is 1. The lowest BCUT2D eigenvalue weighted by molar-refractivity contribution is -0.121. The van der Waals surface area contributed by atoms with E-state index in [1.807, 2.05) is 45.4 Å². The normalized spacial score (nSPS) is 12.1. The van der Waals surface area contributed by atoms with Crippen molar-refractivity contribution in [1.29, 1.82) is 0 Å². The van der Waals surface area contributed by atoms with Gasteiger partial charge in [-0.15, -0.1) is 0 Å². The van der Waals surface area contributed by atoms with Gasteiger partial charge in [-0.25, -0.2) is 24.0 Å². The number of nitrogens with one attached hydrogen (secondary N) is 1. The van der Waals surface area contributed by atoms with Crippen LogP contribution in [0.2, 0.25) is 0 Å². The van der Waals surface area contributed by atoms with Crippen molar-refractivity contribution < 1.29 is 9.18 Å². The van der Waals surface area contributed by atoms with Crippen molar-refractivity contribution >= 4 is 5.91 Å². The van der Waals surface area contributed by atoms with E-state index < -0.39 is 6.04 Å². The number of imidazole rings is 1. The number of hydrogen-bond donors (Lipinski definition) is 1. The van der Waals surface area contributed by atoms with Gasteiger partial charge in [0, 0.05) is 42.1 Å². The molecule has 0 radical (unpaired) electrons. The van der Waals surface area contributed by atoms with Gasteiger partial charge in [-0.05, 0) is 51.5 Å². The highest BCUT2D eigenvalue weighted by molar-refractivity contribution is 5.80. The molecule has 4 aromatic rings. The molecule has 0 fully saturated rings. The molecule has 0 aliphatic carbocycles. The van der Waals surface area contributed by atoms with E-state index in [1.54, 1.807) is 29.2 Å². The van der Waals surface area contributed by atoms with E-state index in [1.165, 1.54) is 12.1 Å². The van der Waals surface area contributed by atoms with Crippen molar-refractivity contribution in [3.63, 3.8) is 0 Å². The molecule has 1 N–H and O–H groups in total. The van der Waals surface area contributed by atoms with Gasteiger partial charge in [0.25, 0.3) is 5.95 Å². The second-order valence-electron chi connectivity index (χ2n) is 8.14. The molecule has 1 amide bonds. The standard InChI is InChI=1S/C24H26FN7O/c1-14-11-15(2)28-24(27-14)32-17(4)20(16(3)30-32)13-21(33)29-22(23-26-9-10-31(23)5)18-7-6-8-19(25)12-18/h6-12,22H,13H2,1-5H3,(H,29,33). The fourth-order valence-corrected chi connectivity index (χ4v) is 3.94. The molecule has 33 heavy (non-hydrogen) atoms. The maximum absolute atomic E-state index is 13.9. The molecule has 8 nitrogen and oxygen atoms in total. The summed E-state index contributed by atoms with van der Waals surface area (Å²) in [5, 5.41) is 7.59. The SMILES string of the molecule is Cc1cc(C)nc(-n2nc(C)c(CC(=O)NC(c3cccc(F)c3)c3nccn3C)c2C)n1. The van der Waals surface area contributed by atoms with E-state index in [-0.39, 0.29) is 18.1 Å². The first-order valence-corrected chi connectivity index (χ1v) is 10.6. The van der Waals surface area contributed by atoms with Gasteiger partial charge >= 0.3 is 0 Å². The van der Waals surface area contributed by atoms with Crippen LogP contribution in [0, 0.1) is 33.5 Å². The number of rotatable bonds is 6. The Balaban J connectivity index is 1.62. The molecule has 0 saturated heterocycles. The molecule has 0 bridgehead atoms. The Kier molecular flexibility index (Phi) is 6.04. The molecule has 3 heterocycles. The Labute approximate surface area is 191 Å². The maximum atomic E-state index is 13.9. The topological polar surface area (TPSA) is 90.5 Å². The van der Waals surface area contributed by atoms with Crippen LogP contribution >= 0.6 is 0 Å². The molecule has 4 rings (SSSR count). The van der Waals surface area contributed by atoms with Crippen molar-refractivity contribution in [2.45, 2.75) is 40.2 Å². The molecular formula is C24H26FN7O. The number of halogens is 1. The molecule has 170 valence electrons. The number of aryl methyl sites for hydroxylation is 4. The smallest absolute Gasteiger partial charge is 0.251 e. The van der Waals surface area contributed by atoms with E-state index in [4.69, 9.17) is 0 Å².